The summed E-state index contributed by atoms with van der Waals surface area (Å²) in [5.74, 6) is 1.95. The lowest BCUT2D eigenvalue weighted by atomic mass is 10.1. The van der Waals surface area contributed by atoms with Crippen molar-refractivity contribution < 1.29 is 9.53 Å². The van der Waals surface area contributed by atoms with E-state index in [1.807, 2.05) is 25.3 Å². The summed E-state index contributed by atoms with van der Waals surface area (Å²) in [6.07, 6.45) is 10.2. The van der Waals surface area contributed by atoms with Crippen LogP contribution in [0.25, 0.3) is 11.3 Å². The van der Waals surface area contributed by atoms with Gasteiger partial charge in [0.2, 0.25) is 5.88 Å². The minimum atomic E-state index is 0.367. The third-order valence-corrected chi connectivity index (χ3v) is 3.90. The van der Waals surface area contributed by atoms with Crippen LogP contribution in [0.1, 0.15) is 51.3 Å². The molecule has 0 unspecified atom stereocenters. The Morgan fingerprint density at radius 1 is 1.22 bits per heavy atom. The first kappa shape index (κ1) is 17.2. The number of hydrogen-bond acceptors (Lipinski definition) is 4. The molecule has 2 aromatic rings. The van der Waals surface area contributed by atoms with Crippen LogP contribution in [0.4, 0.5) is 0 Å². The molecule has 0 bridgehead atoms. The molecular weight excluding hydrogens is 290 g/mol. The van der Waals surface area contributed by atoms with Crippen LogP contribution in [0.5, 0.6) is 5.88 Å². The molecule has 0 aliphatic rings. The molecule has 1 N–H and O–H groups in total. The van der Waals surface area contributed by atoms with Crippen molar-refractivity contribution in [2.45, 2.75) is 51.9 Å². The molecule has 0 fully saturated rings. The number of carbonyl (C=O) groups is 1. The maximum atomic E-state index is 11.2. The largest absolute Gasteiger partial charge is 0.481 e. The zero-order chi connectivity index (χ0) is 16.5. The van der Waals surface area contributed by atoms with Crippen molar-refractivity contribution in [3.05, 3.63) is 30.4 Å². The molecule has 124 valence electrons. The van der Waals surface area contributed by atoms with Crippen molar-refractivity contribution in [3.8, 4) is 17.1 Å². The maximum Gasteiger partial charge on any atom is 0.222 e. The zero-order valence-corrected chi connectivity index (χ0v) is 14.0. The smallest absolute Gasteiger partial charge is 0.222 e. The number of aromatic amines is 1. The minimum absolute atomic E-state index is 0.367. The number of nitrogens with one attached hydrogen (secondary N) is 1. The third kappa shape index (κ3) is 5.20. The number of nitrogens with zero attached hydrogens (tertiary/aromatic N) is 2. The number of H-pyrrole nitrogens is 1. The Balaban J connectivity index is 1.78. The van der Waals surface area contributed by atoms with Crippen LogP contribution in [0.2, 0.25) is 0 Å². The van der Waals surface area contributed by atoms with Gasteiger partial charge in [-0.3, -0.25) is 4.79 Å². The van der Waals surface area contributed by atoms with Crippen molar-refractivity contribution in [3.63, 3.8) is 0 Å². The van der Waals surface area contributed by atoms with Gasteiger partial charge in [-0.1, -0.05) is 19.8 Å². The van der Waals surface area contributed by atoms with Gasteiger partial charge in [0, 0.05) is 25.5 Å². The summed E-state index contributed by atoms with van der Waals surface area (Å²) in [5, 5.41) is 0. The number of Topliss-reactive ketones (excluding diaryl/α,β-unsaturated/α-hetero) is 1. The van der Waals surface area contributed by atoms with Gasteiger partial charge in [-0.05, 0) is 25.0 Å². The maximum absolute atomic E-state index is 11.2. The molecule has 0 radical (unpaired) electrons. The van der Waals surface area contributed by atoms with E-state index in [0.717, 1.165) is 55.6 Å². The molecule has 0 aliphatic heterocycles. The summed E-state index contributed by atoms with van der Waals surface area (Å²) >= 11 is 0. The van der Waals surface area contributed by atoms with E-state index in [9.17, 15) is 4.79 Å². The van der Waals surface area contributed by atoms with Crippen LogP contribution in [-0.4, -0.2) is 27.8 Å². The average Bonchev–Trinajstić information content (AvgIpc) is 3.06. The minimum Gasteiger partial charge on any atom is -0.481 e. The Morgan fingerprint density at radius 2 is 2.04 bits per heavy atom. The molecule has 23 heavy (non-hydrogen) atoms. The fourth-order valence-corrected chi connectivity index (χ4v) is 2.53. The quantitative estimate of drug-likeness (QED) is 0.674. The number of imidazole rings is 1. The molecule has 0 saturated heterocycles. The van der Waals surface area contributed by atoms with E-state index in [1.54, 1.807) is 13.3 Å². The van der Waals surface area contributed by atoms with Crippen LogP contribution < -0.4 is 4.74 Å². The summed E-state index contributed by atoms with van der Waals surface area (Å²) in [5.41, 5.74) is 1.85. The van der Waals surface area contributed by atoms with Gasteiger partial charge in [0.05, 0.1) is 24.6 Å². The predicted molar refractivity (Wildman–Crippen MR) is 90.5 cm³/mol. The van der Waals surface area contributed by atoms with Gasteiger partial charge in [-0.25, -0.2) is 9.97 Å². The van der Waals surface area contributed by atoms with Gasteiger partial charge < -0.3 is 9.72 Å². The lowest BCUT2D eigenvalue weighted by Crippen LogP contribution is -1.95. The molecule has 2 heterocycles. The number of aryl methyl sites for hydroxylation is 1. The van der Waals surface area contributed by atoms with Gasteiger partial charge >= 0.3 is 0 Å². The molecule has 0 amide bonds. The molecule has 0 aromatic carbocycles. The van der Waals surface area contributed by atoms with Crippen LogP contribution in [0, 0.1) is 0 Å². The summed E-state index contributed by atoms with van der Waals surface area (Å²) in [4.78, 5) is 23.2. The van der Waals surface area contributed by atoms with E-state index in [2.05, 4.69) is 15.0 Å². The monoisotopic (exact) mass is 315 g/mol. The van der Waals surface area contributed by atoms with Gasteiger partial charge in [0.1, 0.15) is 11.6 Å². The summed E-state index contributed by atoms with van der Waals surface area (Å²) in [7, 11) is 1.62. The number of ether oxygens (including phenoxy) is 1. The second-order valence-electron chi connectivity index (χ2n) is 5.61. The summed E-state index contributed by atoms with van der Waals surface area (Å²) in [6, 6.07) is 3.85. The first-order valence-electron chi connectivity index (χ1n) is 8.29. The van der Waals surface area contributed by atoms with Crippen LogP contribution >= 0.6 is 0 Å². The van der Waals surface area contributed by atoms with E-state index < -0.39 is 0 Å². The number of ketones is 1. The topological polar surface area (TPSA) is 67.9 Å². The van der Waals surface area contributed by atoms with E-state index in [1.165, 1.54) is 0 Å². The average molecular weight is 315 g/mol. The molecular formula is C18H25N3O2. The van der Waals surface area contributed by atoms with E-state index in [4.69, 9.17) is 4.74 Å². The van der Waals surface area contributed by atoms with Gasteiger partial charge in [-0.15, -0.1) is 0 Å². The second kappa shape index (κ2) is 9.08. The Bertz CT molecular complexity index is 622. The number of hydrogen-bond donors (Lipinski definition) is 1. The van der Waals surface area contributed by atoms with E-state index in [-0.39, 0.29) is 0 Å². The van der Waals surface area contributed by atoms with Gasteiger partial charge in [-0.2, -0.15) is 0 Å². The van der Waals surface area contributed by atoms with Crippen LogP contribution in [-0.2, 0) is 11.2 Å². The van der Waals surface area contributed by atoms with Crippen molar-refractivity contribution in [1.82, 2.24) is 15.0 Å². The Morgan fingerprint density at radius 3 is 2.83 bits per heavy atom. The molecule has 0 atom stereocenters. The zero-order valence-electron chi connectivity index (χ0n) is 14.0. The number of aromatic nitrogens is 3. The van der Waals surface area contributed by atoms with Crippen LogP contribution in [0.3, 0.4) is 0 Å². The van der Waals surface area contributed by atoms with Crippen LogP contribution in [0.15, 0.2) is 24.5 Å². The Hall–Kier alpha value is -2.17. The summed E-state index contributed by atoms with van der Waals surface area (Å²) in [6.45, 7) is 1.92. The number of methoxy groups -OCH3 is 1. The number of rotatable bonds is 10. The van der Waals surface area contributed by atoms with E-state index in [0.29, 0.717) is 18.1 Å². The number of carbonyl (C=O) groups excluding carboxylic acids is 1. The Labute approximate surface area is 137 Å². The Kier molecular flexibility index (Phi) is 6.78. The lowest BCUT2D eigenvalue weighted by Gasteiger charge is -2.04. The highest BCUT2D eigenvalue weighted by molar-refractivity contribution is 5.77. The molecule has 0 saturated carbocycles. The fraction of sp³-hybridized carbons (Fsp3) is 0.500. The first-order valence-corrected chi connectivity index (χ1v) is 8.29. The van der Waals surface area contributed by atoms with Gasteiger partial charge in [0.25, 0.3) is 0 Å². The molecule has 0 spiro atoms. The highest BCUT2D eigenvalue weighted by atomic mass is 16.5. The van der Waals surface area contributed by atoms with Crippen molar-refractivity contribution in [2.75, 3.05) is 7.11 Å². The SMILES string of the molecule is CCC(=O)CCCCCCc1ncc(-c2cccnc2OC)[nH]1. The molecule has 0 aliphatic carbocycles. The fourth-order valence-electron chi connectivity index (χ4n) is 2.53. The van der Waals surface area contributed by atoms with Gasteiger partial charge in [0.15, 0.2) is 0 Å². The molecule has 5 nitrogen and oxygen atoms in total. The molecule has 2 rings (SSSR count). The highest BCUT2D eigenvalue weighted by Crippen LogP contribution is 2.25. The second-order valence-corrected chi connectivity index (χ2v) is 5.61. The van der Waals surface area contributed by atoms with E-state index >= 15 is 0 Å². The molecule has 2 aromatic heterocycles. The predicted octanol–water partition coefficient (Wildman–Crippen LogP) is 3.95. The van der Waals surface area contributed by atoms with Crippen molar-refractivity contribution in [2.24, 2.45) is 0 Å². The first-order chi connectivity index (χ1) is 11.2. The highest BCUT2D eigenvalue weighted by Gasteiger charge is 2.09. The number of pyridine rings is 1. The lowest BCUT2D eigenvalue weighted by molar-refractivity contribution is -0.118. The summed E-state index contributed by atoms with van der Waals surface area (Å²) < 4.78 is 5.28. The number of unbranched alkanes of at least 4 members (excludes halogenated alkanes) is 3. The normalized spacial score (nSPS) is 10.7. The molecule has 5 heteroatoms. The van der Waals surface area contributed by atoms with Crippen molar-refractivity contribution >= 4 is 5.78 Å². The third-order valence-electron chi connectivity index (χ3n) is 3.90. The standard InChI is InChI=1S/C18H25N3O2/c1-3-14(22)9-6-4-5-7-11-17-20-13-16(21-17)15-10-8-12-19-18(15)23-2/h8,10,12-13H,3-7,9,11H2,1-2H3,(H,20,21). The van der Waals surface area contributed by atoms with Crippen molar-refractivity contribution in [1.29, 1.82) is 0 Å².